The Morgan fingerprint density at radius 2 is 1.96 bits per heavy atom. The molecule has 9 heteroatoms. The molecule has 2 aromatic carbocycles. The highest BCUT2D eigenvalue weighted by molar-refractivity contribution is 7.99. The van der Waals surface area contributed by atoms with Crippen molar-refractivity contribution in [2.45, 2.75) is 11.4 Å². The van der Waals surface area contributed by atoms with E-state index in [4.69, 9.17) is 16.3 Å². The number of amides is 1. The summed E-state index contributed by atoms with van der Waals surface area (Å²) in [5.74, 6) is -1.75. The third-order valence-electron chi connectivity index (χ3n) is 3.58. The lowest BCUT2D eigenvalue weighted by molar-refractivity contribution is -0.137. The summed E-state index contributed by atoms with van der Waals surface area (Å²) in [6.07, 6.45) is -2.95. The Bertz CT molecular complexity index is 834. The maximum Gasteiger partial charge on any atom is 0.416 e. The van der Waals surface area contributed by atoms with Gasteiger partial charge in [0, 0.05) is 11.3 Å². The molecule has 3 nitrogen and oxygen atoms in total. The second-order valence-corrected chi connectivity index (χ2v) is 6.57. The highest BCUT2D eigenvalue weighted by Crippen LogP contribution is 2.43. The minimum Gasteiger partial charge on any atom is -0.453 e. The topological polar surface area (TPSA) is 38.3 Å². The molecule has 0 aromatic heterocycles. The number of hydrogen-bond acceptors (Lipinski definition) is 3. The number of alkyl halides is 3. The van der Waals surface area contributed by atoms with Crippen molar-refractivity contribution in [3.8, 4) is 11.5 Å². The predicted octanol–water partition coefficient (Wildman–Crippen LogP) is 5.65. The first-order valence-electron chi connectivity index (χ1n) is 6.92. The van der Waals surface area contributed by atoms with Crippen LogP contribution in [0.5, 0.6) is 11.5 Å². The third kappa shape index (κ3) is 3.41. The van der Waals surface area contributed by atoms with Gasteiger partial charge in [-0.25, -0.2) is 4.39 Å². The maximum atomic E-state index is 14.0. The van der Waals surface area contributed by atoms with Crippen LogP contribution in [0, 0.1) is 5.82 Å². The first-order chi connectivity index (χ1) is 11.7. The van der Waals surface area contributed by atoms with Crippen molar-refractivity contribution in [1.29, 1.82) is 0 Å². The van der Waals surface area contributed by atoms with Gasteiger partial charge in [0.2, 0.25) is 5.91 Å². The zero-order chi connectivity index (χ0) is 18.4. The van der Waals surface area contributed by atoms with Crippen molar-refractivity contribution in [3.05, 3.63) is 52.3 Å². The third-order valence-corrected chi connectivity index (χ3v) is 4.80. The number of carbonyl (C=O) groups excluding carboxylic acids is 1. The Balaban J connectivity index is 1.94. The van der Waals surface area contributed by atoms with Crippen LogP contribution in [-0.2, 0) is 11.0 Å². The quantitative estimate of drug-likeness (QED) is 0.687. The summed E-state index contributed by atoms with van der Waals surface area (Å²) in [5.41, 5.74) is 0.0580. The Morgan fingerprint density at radius 3 is 2.56 bits per heavy atom. The largest absolute Gasteiger partial charge is 0.453 e. The van der Waals surface area contributed by atoms with E-state index >= 15 is 0 Å². The standard InChI is InChI=1S/C16H10ClF4NO2S/c1-25-14-9-6-8(2-3-12(9)22-15(14)23)24-13-10(17)4-7(5-11(13)18)16(19,20)21/h2-6,14H,1H3,(H,22,23). The van der Waals surface area contributed by atoms with E-state index < -0.39 is 33.6 Å². The second-order valence-electron chi connectivity index (χ2n) is 5.22. The van der Waals surface area contributed by atoms with E-state index in [2.05, 4.69) is 5.32 Å². The van der Waals surface area contributed by atoms with Crippen LogP contribution in [0.4, 0.5) is 23.2 Å². The number of thioether (sulfide) groups is 1. The Hall–Kier alpha value is -1.93. The van der Waals surface area contributed by atoms with Crippen molar-refractivity contribution in [2.24, 2.45) is 0 Å². The molecule has 1 amide bonds. The van der Waals surface area contributed by atoms with Crippen molar-refractivity contribution in [2.75, 3.05) is 11.6 Å². The monoisotopic (exact) mass is 391 g/mol. The molecule has 132 valence electrons. The summed E-state index contributed by atoms with van der Waals surface area (Å²) >= 11 is 7.07. The van der Waals surface area contributed by atoms with E-state index in [1.54, 1.807) is 12.3 Å². The van der Waals surface area contributed by atoms with Crippen LogP contribution in [0.3, 0.4) is 0 Å². The molecule has 1 atom stereocenters. The fourth-order valence-electron chi connectivity index (χ4n) is 2.45. The number of rotatable bonds is 3. The van der Waals surface area contributed by atoms with Crippen molar-refractivity contribution < 1.29 is 27.1 Å². The fourth-order valence-corrected chi connectivity index (χ4v) is 3.42. The van der Waals surface area contributed by atoms with Crippen LogP contribution >= 0.6 is 23.4 Å². The lowest BCUT2D eigenvalue weighted by Gasteiger charge is -2.13. The minimum absolute atomic E-state index is 0.162. The minimum atomic E-state index is -4.71. The zero-order valence-electron chi connectivity index (χ0n) is 12.6. The smallest absolute Gasteiger partial charge is 0.416 e. The molecule has 25 heavy (non-hydrogen) atoms. The van der Waals surface area contributed by atoms with E-state index in [0.29, 0.717) is 23.4 Å². The van der Waals surface area contributed by atoms with E-state index in [1.807, 2.05) is 0 Å². The molecule has 0 radical (unpaired) electrons. The average Bonchev–Trinajstić information content (AvgIpc) is 2.84. The molecular weight excluding hydrogens is 382 g/mol. The molecule has 0 bridgehead atoms. The van der Waals surface area contributed by atoms with Crippen LogP contribution in [0.1, 0.15) is 16.4 Å². The van der Waals surface area contributed by atoms with Crippen molar-refractivity contribution in [1.82, 2.24) is 0 Å². The van der Waals surface area contributed by atoms with Gasteiger partial charge >= 0.3 is 6.18 Å². The van der Waals surface area contributed by atoms with E-state index in [-0.39, 0.29) is 11.7 Å². The molecule has 1 heterocycles. The highest BCUT2D eigenvalue weighted by Gasteiger charge is 2.33. The number of fused-ring (bicyclic) bond motifs is 1. The average molecular weight is 392 g/mol. The van der Waals surface area contributed by atoms with E-state index in [1.165, 1.54) is 23.9 Å². The van der Waals surface area contributed by atoms with Gasteiger partial charge in [-0.05, 0) is 36.6 Å². The predicted molar refractivity (Wildman–Crippen MR) is 87.8 cm³/mol. The first-order valence-corrected chi connectivity index (χ1v) is 8.59. The van der Waals surface area contributed by atoms with Gasteiger partial charge in [-0.1, -0.05) is 11.6 Å². The molecule has 1 aliphatic rings. The number of nitrogens with one attached hydrogen (secondary N) is 1. The van der Waals surface area contributed by atoms with E-state index in [9.17, 15) is 22.4 Å². The van der Waals surface area contributed by atoms with Gasteiger partial charge in [0.25, 0.3) is 0 Å². The molecule has 0 saturated heterocycles. The number of ether oxygens (including phenoxy) is 1. The maximum absolute atomic E-state index is 14.0. The van der Waals surface area contributed by atoms with Crippen LogP contribution in [0.15, 0.2) is 30.3 Å². The van der Waals surface area contributed by atoms with Gasteiger partial charge in [-0.2, -0.15) is 13.2 Å². The molecule has 0 saturated carbocycles. The summed E-state index contributed by atoms with van der Waals surface area (Å²) in [6, 6.07) is 5.50. The Morgan fingerprint density at radius 1 is 1.24 bits per heavy atom. The molecule has 1 aliphatic heterocycles. The lowest BCUT2D eigenvalue weighted by atomic mass is 10.1. The number of hydrogen-bond donors (Lipinski definition) is 1. The first kappa shape index (κ1) is 17.9. The Kier molecular flexibility index (Phi) is 4.59. The van der Waals surface area contributed by atoms with Gasteiger partial charge in [-0.15, -0.1) is 11.8 Å². The fraction of sp³-hybridized carbons (Fsp3) is 0.188. The number of benzene rings is 2. The molecule has 1 unspecified atom stereocenters. The van der Waals surface area contributed by atoms with Gasteiger partial charge in [-0.3, -0.25) is 4.79 Å². The lowest BCUT2D eigenvalue weighted by Crippen LogP contribution is -2.08. The number of halogens is 5. The summed E-state index contributed by atoms with van der Waals surface area (Å²) in [4.78, 5) is 11.8. The summed E-state index contributed by atoms with van der Waals surface area (Å²) in [5, 5.41) is 1.76. The van der Waals surface area contributed by atoms with Crippen LogP contribution in [0.2, 0.25) is 5.02 Å². The SMILES string of the molecule is CSC1C(=O)Nc2ccc(Oc3c(F)cc(C(F)(F)F)cc3Cl)cc21. The molecule has 0 spiro atoms. The van der Waals surface area contributed by atoms with Crippen molar-refractivity contribution in [3.63, 3.8) is 0 Å². The van der Waals surface area contributed by atoms with Gasteiger partial charge in [0.05, 0.1) is 10.6 Å². The second kappa shape index (κ2) is 6.42. The molecule has 1 N–H and O–H groups in total. The van der Waals surface area contributed by atoms with Crippen LogP contribution in [-0.4, -0.2) is 12.2 Å². The van der Waals surface area contributed by atoms with Crippen LogP contribution < -0.4 is 10.1 Å². The normalized spacial score (nSPS) is 16.6. The highest BCUT2D eigenvalue weighted by atomic mass is 35.5. The van der Waals surface area contributed by atoms with Gasteiger partial charge in [0.15, 0.2) is 11.6 Å². The number of anilines is 1. The van der Waals surface area contributed by atoms with Gasteiger partial charge in [0.1, 0.15) is 11.0 Å². The number of carbonyl (C=O) groups is 1. The van der Waals surface area contributed by atoms with Crippen molar-refractivity contribution >= 4 is 35.0 Å². The molecule has 2 aromatic rings. The summed E-state index contributed by atoms with van der Waals surface area (Å²) in [7, 11) is 0. The molecular formula is C16H10ClF4NO2S. The molecule has 3 rings (SSSR count). The molecule has 0 aliphatic carbocycles. The van der Waals surface area contributed by atoms with Crippen LogP contribution in [0.25, 0.3) is 0 Å². The zero-order valence-corrected chi connectivity index (χ0v) is 14.2. The summed E-state index contributed by atoms with van der Waals surface area (Å²) in [6.45, 7) is 0. The summed E-state index contributed by atoms with van der Waals surface area (Å²) < 4.78 is 57.4. The van der Waals surface area contributed by atoms with Gasteiger partial charge < -0.3 is 10.1 Å². The molecule has 0 fully saturated rings. The van der Waals surface area contributed by atoms with E-state index in [0.717, 1.165) is 0 Å². The Labute approximate surface area is 149 Å².